The Balaban J connectivity index is 2.21. The lowest BCUT2D eigenvalue weighted by Crippen LogP contribution is -2.56. The van der Waals surface area contributed by atoms with Crippen LogP contribution in [0.2, 0.25) is 0 Å². The number of rotatable bonds is 3. The first-order valence-corrected chi connectivity index (χ1v) is 7.02. The fourth-order valence-electron chi connectivity index (χ4n) is 3.13. The molecule has 116 valence electrons. The molecule has 0 radical (unpaired) electrons. The van der Waals surface area contributed by atoms with Crippen molar-refractivity contribution >= 4 is 5.97 Å². The third kappa shape index (κ3) is 4.02. The molecule has 1 saturated heterocycles. The average molecular weight is 295 g/mol. The summed E-state index contributed by atoms with van der Waals surface area (Å²) in [5.41, 5.74) is -0.118. The molecule has 5 heteroatoms. The molecule has 1 N–H and O–H groups in total. The molecule has 1 heterocycles. The maximum Gasteiger partial charge on any atom is 0.335 e. The second kappa shape index (κ2) is 5.39. The smallest absolute Gasteiger partial charge is 0.335 e. The highest BCUT2D eigenvalue weighted by atomic mass is 19.1. The lowest BCUT2D eigenvalue weighted by Gasteiger charge is -2.47. The quantitative estimate of drug-likeness (QED) is 0.931. The second-order valence-corrected chi connectivity index (χ2v) is 6.88. The standard InChI is InChI=1S/C16H22FNO3/c1-15(2)9-18(10-16(3,4)21-15)8-12-7-11(14(19)20)5-6-13(12)17/h5-7H,8-10H2,1-4H3,(H,19,20). The first-order valence-electron chi connectivity index (χ1n) is 7.02. The van der Waals surface area contributed by atoms with Crippen molar-refractivity contribution in [3.63, 3.8) is 0 Å². The summed E-state index contributed by atoms with van der Waals surface area (Å²) in [7, 11) is 0. The average Bonchev–Trinajstić information content (AvgIpc) is 2.27. The van der Waals surface area contributed by atoms with E-state index in [1.54, 1.807) is 0 Å². The molecule has 1 aliphatic heterocycles. The minimum atomic E-state index is -1.04. The molecule has 1 aromatic rings. The van der Waals surface area contributed by atoms with Crippen LogP contribution in [-0.2, 0) is 11.3 Å². The topological polar surface area (TPSA) is 49.8 Å². The van der Waals surface area contributed by atoms with Crippen molar-refractivity contribution in [2.24, 2.45) is 0 Å². The van der Waals surface area contributed by atoms with Crippen LogP contribution in [0.25, 0.3) is 0 Å². The highest BCUT2D eigenvalue weighted by Crippen LogP contribution is 2.29. The number of aromatic carboxylic acids is 1. The van der Waals surface area contributed by atoms with E-state index >= 15 is 0 Å². The summed E-state index contributed by atoms with van der Waals surface area (Å²) in [6.07, 6.45) is 0. The van der Waals surface area contributed by atoms with Crippen LogP contribution in [0.5, 0.6) is 0 Å². The third-order valence-corrected chi connectivity index (χ3v) is 3.45. The molecule has 0 saturated carbocycles. The predicted molar refractivity (Wildman–Crippen MR) is 77.9 cm³/mol. The summed E-state index contributed by atoms with van der Waals surface area (Å²) >= 11 is 0. The number of morpholine rings is 1. The van der Waals surface area contributed by atoms with Gasteiger partial charge in [-0.05, 0) is 45.9 Å². The molecule has 2 rings (SSSR count). The normalized spacial score (nSPS) is 21.2. The summed E-state index contributed by atoms with van der Waals surface area (Å²) < 4.78 is 19.9. The monoisotopic (exact) mass is 295 g/mol. The fraction of sp³-hybridized carbons (Fsp3) is 0.562. The van der Waals surface area contributed by atoms with Crippen molar-refractivity contribution in [1.29, 1.82) is 0 Å². The SMILES string of the molecule is CC1(C)CN(Cc2cc(C(=O)O)ccc2F)CC(C)(C)O1. The Bertz CT molecular complexity index is 538. The van der Waals surface area contributed by atoms with Gasteiger partial charge in [0.05, 0.1) is 16.8 Å². The van der Waals surface area contributed by atoms with Gasteiger partial charge in [-0.2, -0.15) is 0 Å². The van der Waals surface area contributed by atoms with Gasteiger partial charge in [0.15, 0.2) is 0 Å². The maximum absolute atomic E-state index is 13.9. The predicted octanol–water partition coefficient (Wildman–Crippen LogP) is 2.91. The van der Waals surface area contributed by atoms with Crippen molar-refractivity contribution in [3.05, 3.63) is 35.1 Å². The molecule has 0 spiro atoms. The molecule has 0 aromatic heterocycles. The molecule has 0 unspecified atom stereocenters. The summed E-state index contributed by atoms with van der Waals surface area (Å²) in [6.45, 7) is 9.75. The van der Waals surface area contributed by atoms with E-state index in [4.69, 9.17) is 9.84 Å². The van der Waals surface area contributed by atoms with E-state index in [0.29, 0.717) is 25.2 Å². The Morgan fingerprint density at radius 1 is 1.29 bits per heavy atom. The molecule has 1 aliphatic rings. The molecule has 0 bridgehead atoms. The third-order valence-electron chi connectivity index (χ3n) is 3.45. The van der Waals surface area contributed by atoms with Crippen LogP contribution >= 0.6 is 0 Å². The fourth-order valence-corrected chi connectivity index (χ4v) is 3.13. The van der Waals surface area contributed by atoms with Crippen molar-refractivity contribution < 1.29 is 19.0 Å². The van der Waals surface area contributed by atoms with E-state index in [2.05, 4.69) is 4.90 Å². The van der Waals surface area contributed by atoms with E-state index in [-0.39, 0.29) is 22.6 Å². The Morgan fingerprint density at radius 3 is 2.38 bits per heavy atom. The molecule has 21 heavy (non-hydrogen) atoms. The minimum absolute atomic E-state index is 0.109. The summed E-state index contributed by atoms with van der Waals surface area (Å²) in [6, 6.07) is 3.91. The van der Waals surface area contributed by atoms with Gasteiger partial charge >= 0.3 is 5.97 Å². The van der Waals surface area contributed by atoms with Crippen LogP contribution in [0, 0.1) is 5.82 Å². The van der Waals surface area contributed by atoms with Gasteiger partial charge in [0.1, 0.15) is 5.82 Å². The first kappa shape index (κ1) is 15.9. The number of carbonyl (C=O) groups is 1. The van der Waals surface area contributed by atoms with Crippen LogP contribution in [0.1, 0.15) is 43.6 Å². The summed E-state index contributed by atoms with van der Waals surface area (Å²) in [5, 5.41) is 9.02. The van der Waals surface area contributed by atoms with Gasteiger partial charge in [-0.1, -0.05) is 0 Å². The van der Waals surface area contributed by atoms with Crippen molar-refractivity contribution in [3.8, 4) is 0 Å². The molecule has 0 atom stereocenters. The zero-order valence-corrected chi connectivity index (χ0v) is 12.9. The van der Waals surface area contributed by atoms with Crippen LogP contribution < -0.4 is 0 Å². The lowest BCUT2D eigenvalue weighted by atomic mass is 9.98. The van der Waals surface area contributed by atoms with Gasteiger partial charge < -0.3 is 9.84 Å². The molecular formula is C16H22FNO3. The van der Waals surface area contributed by atoms with Crippen LogP contribution in [0.15, 0.2) is 18.2 Å². The second-order valence-electron chi connectivity index (χ2n) is 6.88. The van der Waals surface area contributed by atoms with E-state index in [1.807, 2.05) is 27.7 Å². The van der Waals surface area contributed by atoms with Crippen LogP contribution in [0.3, 0.4) is 0 Å². The highest BCUT2D eigenvalue weighted by Gasteiger charge is 2.38. The van der Waals surface area contributed by atoms with Gasteiger partial charge in [0.2, 0.25) is 0 Å². The van der Waals surface area contributed by atoms with Crippen molar-refractivity contribution in [2.75, 3.05) is 13.1 Å². The van der Waals surface area contributed by atoms with Crippen LogP contribution in [0.4, 0.5) is 4.39 Å². The molecule has 1 aromatic carbocycles. The van der Waals surface area contributed by atoms with Crippen LogP contribution in [-0.4, -0.2) is 40.3 Å². The molecule has 4 nitrogen and oxygen atoms in total. The number of hydrogen-bond donors (Lipinski definition) is 1. The van der Waals surface area contributed by atoms with E-state index in [0.717, 1.165) is 0 Å². The zero-order chi connectivity index (χ0) is 15.8. The van der Waals surface area contributed by atoms with E-state index in [1.165, 1.54) is 18.2 Å². The van der Waals surface area contributed by atoms with E-state index < -0.39 is 5.97 Å². The molecule has 0 aliphatic carbocycles. The number of ether oxygens (including phenoxy) is 1. The summed E-state index contributed by atoms with van der Waals surface area (Å²) in [5.74, 6) is -1.42. The Kier molecular flexibility index (Phi) is 4.08. The number of carboxylic acid groups (broad SMARTS) is 1. The first-order chi connectivity index (χ1) is 9.58. The number of hydrogen-bond acceptors (Lipinski definition) is 3. The maximum atomic E-state index is 13.9. The number of carboxylic acids is 1. The van der Waals surface area contributed by atoms with Gasteiger partial charge in [0.25, 0.3) is 0 Å². The summed E-state index contributed by atoms with van der Waals surface area (Å²) in [4.78, 5) is 13.1. The number of nitrogens with zero attached hydrogens (tertiary/aromatic N) is 1. The molecular weight excluding hydrogens is 273 g/mol. The van der Waals surface area contributed by atoms with Gasteiger partial charge in [-0.15, -0.1) is 0 Å². The zero-order valence-electron chi connectivity index (χ0n) is 12.9. The Labute approximate surface area is 124 Å². The minimum Gasteiger partial charge on any atom is -0.478 e. The van der Waals surface area contributed by atoms with Gasteiger partial charge in [0, 0.05) is 25.2 Å². The van der Waals surface area contributed by atoms with Gasteiger partial charge in [-0.25, -0.2) is 9.18 Å². The molecule has 1 fully saturated rings. The Morgan fingerprint density at radius 2 is 1.86 bits per heavy atom. The van der Waals surface area contributed by atoms with Gasteiger partial charge in [-0.3, -0.25) is 4.90 Å². The number of halogens is 1. The Hall–Kier alpha value is -1.46. The molecule has 0 amide bonds. The highest BCUT2D eigenvalue weighted by molar-refractivity contribution is 5.87. The van der Waals surface area contributed by atoms with Crippen molar-refractivity contribution in [1.82, 2.24) is 4.90 Å². The number of benzene rings is 1. The van der Waals surface area contributed by atoms with E-state index in [9.17, 15) is 9.18 Å². The largest absolute Gasteiger partial charge is 0.478 e. The lowest BCUT2D eigenvalue weighted by molar-refractivity contribution is -0.182. The van der Waals surface area contributed by atoms with Crippen molar-refractivity contribution in [2.45, 2.75) is 45.4 Å².